The normalized spacial score (nSPS) is 18.9. The van der Waals surface area contributed by atoms with Crippen LogP contribution in [0.5, 0.6) is 0 Å². The number of carbonyl (C=O) groups is 2. The van der Waals surface area contributed by atoms with E-state index in [9.17, 15) is 9.59 Å². The van der Waals surface area contributed by atoms with Crippen LogP contribution in [0.3, 0.4) is 0 Å². The van der Waals surface area contributed by atoms with Gasteiger partial charge in [0.2, 0.25) is 5.91 Å². The van der Waals surface area contributed by atoms with Crippen LogP contribution in [0.2, 0.25) is 0 Å². The number of aliphatic carboxylic acids is 1. The zero-order valence-electron chi connectivity index (χ0n) is 10.3. The van der Waals surface area contributed by atoms with Crippen LogP contribution in [0.15, 0.2) is 24.4 Å². The molecule has 1 fully saturated rings. The van der Waals surface area contributed by atoms with Crippen molar-refractivity contribution in [3.8, 4) is 0 Å². The van der Waals surface area contributed by atoms with Gasteiger partial charge in [0, 0.05) is 18.8 Å². The maximum atomic E-state index is 11.3. The Hall–Kier alpha value is -2.37. The third kappa shape index (κ3) is 3.09. The number of primary amides is 1. The Kier molecular flexibility index (Phi) is 3.79. The molecule has 0 radical (unpaired) electrons. The molecule has 2 rings (SSSR count). The highest BCUT2D eigenvalue weighted by atomic mass is 16.4. The largest absolute Gasteiger partial charge is 0.478 e. The van der Waals surface area contributed by atoms with E-state index in [-0.39, 0.29) is 11.9 Å². The lowest BCUT2D eigenvalue weighted by Gasteiger charge is -2.23. The van der Waals surface area contributed by atoms with E-state index in [1.165, 1.54) is 6.08 Å². The molecule has 1 saturated heterocycles. The summed E-state index contributed by atoms with van der Waals surface area (Å²) in [5.74, 6) is -0.652. The number of hydrogen-bond donors (Lipinski definition) is 2. The average molecular weight is 261 g/mol. The third-order valence-electron chi connectivity index (χ3n) is 3.06. The second-order valence-corrected chi connectivity index (χ2v) is 4.38. The minimum atomic E-state index is -1.00. The first-order valence-corrected chi connectivity index (χ1v) is 6.01. The number of carboxylic acids is 1. The summed E-state index contributed by atoms with van der Waals surface area (Å²) in [6, 6.07) is 3.23. The Morgan fingerprint density at radius 3 is 2.84 bits per heavy atom. The van der Waals surface area contributed by atoms with Crippen molar-refractivity contribution in [1.82, 2.24) is 4.98 Å². The summed E-state index contributed by atoms with van der Waals surface area (Å²) in [7, 11) is 0. The average Bonchev–Trinajstić information content (AvgIpc) is 2.86. The summed E-state index contributed by atoms with van der Waals surface area (Å²) >= 11 is 0. The van der Waals surface area contributed by atoms with Crippen molar-refractivity contribution in [2.45, 2.75) is 18.9 Å². The number of pyridine rings is 1. The Bertz CT molecular complexity index is 510. The molecule has 1 aliphatic heterocycles. The minimum absolute atomic E-state index is 0.298. The molecule has 0 bridgehead atoms. The predicted octanol–water partition coefficient (Wildman–Crippen LogP) is 0.633. The minimum Gasteiger partial charge on any atom is -0.478 e. The van der Waals surface area contributed by atoms with Gasteiger partial charge in [-0.2, -0.15) is 0 Å². The number of rotatable bonds is 4. The van der Waals surface area contributed by atoms with Crippen molar-refractivity contribution in [3.05, 3.63) is 30.0 Å². The standard InChI is InChI=1S/C13H15N3O3/c14-13(19)10-2-1-7-16(10)11-5-3-9(8-15-11)4-6-12(17)18/h3-6,8,10H,1-2,7H2,(H2,14,19)(H,17,18)/b6-4+. The maximum absolute atomic E-state index is 11.3. The SMILES string of the molecule is NC(=O)C1CCCN1c1ccc(/C=C/C(=O)O)cn1. The quantitative estimate of drug-likeness (QED) is 0.775. The van der Waals surface area contributed by atoms with Crippen LogP contribution >= 0.6 is 0 Å². The van der Waals surface area contributed by atoms with Gasteiger partial charge in [0.05, 0.1) is 0 Å². The number of nitrogens with two attached hydrogens (primary N) is 1. The second kappa shape index (κ2) is 5.51. The lowest BCUT2D eigenvalue weighted by atomic mass is 10.2. The predicted molar refractivity (Wildman–Crippen MR) is 70.5 cm³/mol. The molecule has 100 valence electrons. The number of amides is 1. The van der Waals surface area contributed by atoms with E-state index in [2.05, 4.69) is 4.98 Å². The molecule has 6 heteroatoms. The van der Waals surface area contributed by atoms with E-state index >= 15 is 0 Å². The lowest BCUT2D eigenvalue weighted by Crippen LogP contribution is -2.40. The molecular formula is C13H15N3O3. The van der Waals surface area contributed by atoms with Gasteiger partial charge < -0.3 is 15.7 Å². The highest BCUT2D eigenvalue weighted by Crippen LogP contribution is 2.23. The maximum Gasteiger partial charge on any atom is 0.328 e. The van der Waals surface area contributed by atoms with Crippen LogP contribution in [0.1, 0.15) is 18.4 Å². The van der Waals surface area contributed by atoms with Gasteiger partial charge in [-0.25, -0.2) is 9.78 Å². The van der Waals surface area contributed by atoms with E-state index in [0.717, 1.165) is 25.5 Å². The molecule has 1 aromatic heterocycles. The zero-order valence-corrected chi connectivity index (χ0v) is 10.3. The Morgan fingerprint density at radius 1 is 1.47 bits per heavy atom. The number of carboxylic acid groups (broad SMARTS) is 1. The van der Waals surface area contributed by atoms with Crippen molar-refractivity contribution in [2.75, 3.05) is 11.4 Å². The molecule has 0 saturated carbocycles. The molecule has 6 nitrogen and oxygen atoms in total. The first kappa shape index (κ1) is 13.1. The van der Waals surface area contributed by atoms with Gasteiger partial charge in [-0.05, 0) is 36.6 Å². The van der Waals surface area contributed by atoms with Crippen molar-refractivity contribution in [2.24, 2.45) is 5.73 Å². The summed E-state index contributed by atoms with van der Waals surface area (Å²) in [6.07, 6.45) is 5.76. The summed E-state index contributed by atoms with van der Waals surface area (Å²) in [4.78, 5) is 27.8. The molecule has 1 atom stereocenters. The summed E-state index contributed by atoms with van der Waals surface area (Å²) in [5, 5.41) is 8.53. The van der Waals surface area contributed by atoms with Gasteiger partial charge in [-0.1, -0.05) is 0 Å². The molecule has 2 heterocycles. The Morgan fingerprint density at radius 2 is 2.26 bits per heavy atom. The number of anilines is 1. The second-order valence-electron chi connectivity index (χ2n) is 4.38. The van der Waals surface area contributed by atoms with Crippen LogP contribution in [0, 0.1) is 0 Å². The summed E-state index contributed by atoms with van der Waals surface area (Å²) < 4.78 is 0. The number of nitrogens with zero attached hydrogens (tertiary/aromatic N) is 2. The van der Waals surface area contributed by atoms with Crippen LogP contribution in [-0.2, 0) is 9.59 Å². The molecule has 1 amide bonds. The first-order chi connectivity index (χ1) is 9.08. The molecule has 3 N–H and O–H groups in total. The van der Waals surface area contributed by atoms with E-state index in [0.29, 0.717) is 11.4 Å². The van der Waals surface area contributed by atoms with Crippen molar-refractivity contribution in [1.29, 1.82) is 0 Å². The zero-order chi connectivity index (χ0) is 13.8. The van der Waals surface area contributed by atoms with Gasteiger partial charge in [-0.3, -0.25) is 4.79 Å². The number of hydrogen-bond acceptors (Lipinski definition) is 4. The van der Waals surface area contributed by atoms with Crippen LogP contribution in [-0.4, -0.2) is 34.6 Å². The summed E-state index contributed by atoms with van der Waals surface area (Å²) in [6.45, 7) is 0.755. The van der Waals surface area contributed by atoms with Crippen LogP contribution in [0.25, 0.3) is 6.08 Å². The molecule has 1 unspecified atom stereocenters. The van der Waals surface area contributed by atoms with Crippen molar-refractivity contribution < 1.29 is 14.7 Å². The van der Waals surface area contributed by atoms with E-state index < -0.39 is 5.97 Å². The van der Waals surface area contributed by atoms with Crippen molar-refractivity contribution >= 4 is 23.8 Å². The van der Waals surface area contributed by atoms with Crippen LogP contribution in [0.4, 0.5) is 5.82 Å². The molecular weight excluding hydrogens is 246 g/mol. The van der Waals surface area contributed by atoms with Gasteiger partial charge in [0.1, 0.15) is 11.9 Å². The molecule has 19 heavy (non-hydrogen) atoms. The molecule has 1 aromatic rings. The molecule has 1 aliphatic rings. The Labute approximate surface area is 110 Å². The number of carbonyl (C=O) groups excluding carboxylic acids is 1. The van der Waals surface area contributed by atoms with Crippen LogP contribution < -0.4 is 10.6 Å². The fourth-order valence-electron chi connectivity index (χ4n) is 2.17. The fourth-order valence-corrected chi connectivity index (χ4v) is 2.17. The molecule has 0 spiro atoms. The van der Waals surface area contributed by atoms with E-state index in [1.54, 1.807) is 18.3 Å². The number of aromatic nitrogens is 1. The van der Waals surface area contributed by atoms with E-state index in [4.69, 9.17) is 10.8 Å². The smallest absolute Gasteiger partial charge is 0.328 e. The fraction of sp³-hybridized carbons (Fsp3) is 0.308. The van der Waals surface area contributed by atoms with Gasteiger partial charge in [-0.15, -0.1) is 0 Å². The topological polar surface area (TPSA) is 96.5 Å². The van der Waals surface area contributed by atoms with Gasteiger partial charge in [0.25, 0.3) is 0 Å². The van der Waals surface area contributed by atoms with Crippen molar-refractivity contribution in [3.63, 3.8) is 0 Å². The molecule has 0 aromatic carbocycles. The summed E-state index contributed by atoms with van der Waals surface area (Å²) in [5.41, 5.74) is 6.05. The van der Waals surface area contributed by atoms with Gasteiger partial charge >= 0.3 is 5.97 Å². The monoisotopic (exact) mass is 261 g/mol. The molecule has 0 aliphatic carbocycles. The van der Waals surface area contributed by atoms with Gasteiger partial charge in [0.15, 0.2) is 0 Å². The highest BCUT2D eigenvalue weighted by molar-refractivity contribution is 5.85. The lowest BCUT2D eigenvalue weighted by molar-refractivity contribution is -0.131. The highest BCUT2D eigenvalue weighted by Gasteiger charge is 2.29. The Balaban J connectivity index is 2.14. The third-order valence-corrected chi connectivity index (χ3v) is 3.06. The van der Waals surface area contributed by atoms with E-state index in [1.807, 2.05) is 4.90 Å². The first-order valence-electron chi connectivity index (χ1n) is 6.01.